The zero-order valence-electron chi connectivity index (χ0n) is 21.4. The van der Waals surface area contributed by atoms with E-state index in [9.17, 15) is 15.0 Å². The first kappa shape index (κ1) is 29.1. The molecule has 2 N–H and O–H groups in total. The molecule has 0 bridgehead atoms. The number of aliphatic hydroxyl groups is 2. The molecule has 1 aliphatic rings. The van der Waals surface area contributed by atoms with Crippen molar-refractivity contribution in [1.29, 1.82) is 0 Å². The summed E-state index contributed by atoms with van der Waals surface area (Å²) in [4.78, 5) is 11.6. The minimum Gasteiger partial charge on any atom is -0.463 e. The van der Waals surface area contributed by atoms with Crippen molar-refractivity contribution in [3.05, 3.63) is 12.2 Å². The Morgan fingerprint density at radius 1 is 1.03 bits per heavy atom. The Balaban J connectivity index is 2.45. The van der Waals surface area contributed by atoms with E-state index in [4.69, 9.17) is 9.47 Å². The molecule has 0 aromatic heterocycles. The molecular formula is C27H50O5. The first-order valence-corrected chi connectivity index (χ1v) is 13.0. The van der Waals surface area contributed by atoms with Crippen LogP contribution >= 0.6 is 0 Å². The number of aliphatic hydroxyl groups excluding tert-OH is 2. The SMILES string of the molecule is CCCCCCCC(C)(CC[C@H]1[C@H](O)CC(O)[C@@H]1C/C=C\CCCC(=O)OC(C)C)OC. The molecule has 5 nitrogen and oxygen atoms in total. The largest absolute Gasteiger partial charge is 0.463 e. The summed E-state index contributed by atoms with van der Waals surface area (Å²) in [6.45, 7) is 8.14. The predicted octanol–water partition coefficient (Wildman–Crippen LogP) is 5.96. The number of carbonyl (C=O) groups excluding carboxylic acids is 1. The number of esters is 1. The van der Waals surface area contributed by atoms with Crippen molar-refractivity contribution < 1.29 is 24.5 Å². The molecule has 1 rings (SSSR count). The third kappa shape index (κ3) is 11.3. The second-order valence-corrected chi connectivity index (χ2v) is 10.2. The molecule has 5 heteroatoms. The lowest BCUT2D eigenvalue weighted by atomic mass is 9.82. The van der Waals surface area contributed by atoms with E-state index in [1.54, 1.807) is 7.11 Å². The van der Waals surface area contributed by atoms with Gasteiger partial charge in [0.05, 0.1) is 23.9 Å². The van der Waals surface area contributed by atoms with Gasteiger partial charge in [0.25, 0.3) is 0 Å². The van der Waals surface area contributed by atoms with Crippen LogP contribution in [0.4, 0.5) is 0 Å². The van der Waals surface area contributed by atoms with E-state index >= 15 is 0 Å². The van der Waals surface area contributed by atoms with Crippen LogP contribution in [0.2, 0.25) is 0 Å². The van der Waals surface area contributed by atoms with Crippen LogP contribution in [0, 0.1) is 11.8 Å². The lowest BCUT2D eigenvalue weighted by Crippen LogP contribution is -2.30. The van der Waals surface area contributed by atoms with E-state index in [1.165, 1.54) is 32.1 Å². The highest BCUT2D eigenvalue weighted by molar-refractivity contribution is 5.69. The van der Waals surface area contributed by atoms with Crippen molar-refractivity contribution in [1.82, 2.24) is 0 Å². The van der Waals surface area contributed by atoms with Crippen LogP contribution in [-0.2, 0) is 14.3 Å². The van der Waals surface area contributed by atoms with E-state index in [2.05, 4.69) is 26.0 Å². The summed E-state index contributed by atoms with van der Waals surface area (Å²) in [6.07, 6.45) is 15.6. The van der Waals surface area contributed by atoms with E-state index in [0.717, 1.165) is 38.5 Å². The molecular weight excluding hydrogens is 404 g/mol. The first-order chi connectivity index (χ1) is 15.2. The number of carbonyl (C=O) groups is 1. The molecule has 5 atom stereocenters. The van der Waals surface area contributed by atoms with Gasteiger partial charge in [-0.15, -0.1) is 0 Å². The fourth-order valence-corrected chi connectivity index (χ4v) is 4.87. The maximum Gasteiger partial charge on any atom is 0.306 e. The summed E-state index contributed by atoms with van der Waals surface area (Å²) in [6, 6.07) is 0. The highest BCUT2D eigenvalue weighted by Crippen LogP contribution is 2.40. The molecule has 2 unspecified atom stereocenters. The Labute approximate surface area is 197 Å². The third-order valence-electron chi connectivity index (χ3n) is 7.02. The normalized spacial score (nSPS) is 25.5. The molecule has 0 saturated heterocycles. The molecule has 0 aliphatic heterocycles. The first-order valence-electron chi connectivity index (χ1n) is 13.0. The van der Waals surface area contributed by atoms with Crippen molar-refractivity contribution in [2.24, 2.45) is 11.8 Å². The fourth-order valence-electron chi connectivity index (χ4n) is 4.87. The molecule has 0 aromatic rings. The molecule has 0 heterocycles. The van der Waals surface area contributed by atoms with E-state index in [0.29, 0.717) is 12.8 Å². The van der Waals surface area contributed by atoms with Crippen LogP contribution in [0.15, 0.2) is 12.2 Å². The van der Waals surface area contributed by atoms with Crippen LogP contribution in [0.1, 0.15) is 111 Å². The van der Waals surface area contributed by atoms with Gasteiger partial charge in [-0.2, -0.15) is 0 Å². The average Bonchev–Trinajstić information content (AvgIpc) is 3.00. The summed E-state index contributed by atoms with van der Waals surface area (Å²) < 4.78 is 11.0. The van der Waals surface area contributed by atoms with Gasteiger partial charge in [-0.3, -0.25) is 4.79 Å². The Hall–Kier alpha value is -0.910. The zero-order valence-corrected chi connectivity index (χ0v) is 21.4. The van der Waals surface area contributed by atoms with E-state index in [1.807, 2.05) is 13.8 Å². The van der Waals surface area contributed by atoms with Crippen molar-refractivity contribution in [3.8, 4) is 0 Å². The van der Waals surface area contributed by atoms with Crippen molar-refractivity contribution >= 4 is 5.97 Å². The Kier molecular flexibility index (Phi) is 14.4. The molecule has 0 spiro atoms. The molecule has 0 amide bonds. The van der Waals surface area contributed by atoms with Crippen LogP contribution in [0.25, 0.3) is 0 Å². The number of rotatable bonds is 17. The second kappa shape index (κ2) is 15.8. The van der Waals surface area contributed by atoms with Gasteiger partial charge in [0.15, 0.2) is 0 Å². The van der Waals surface area contributed by atoms with Crippen molar-refractivity contribution in [2.45, 2.75) is 135 Å². The predicted molar refractivity (Wildman–Crippen MR) is 130 cm³/mol. The van der Waals surface area contributed by atoms with Crippen LogP contribution < -0.4 is 0 Å². The number of allylic oxidation sites excluding steroid dienone is 2. The number of hydrogen-bond donors (Lipinski definition) is 2. The number of ether oxygens (including phenoxy) is 2. The maximum atomic E-state index is 11.6. The minimum atomic E-state index is -0.455. The molecule has 1 fully saturated rings. The van der Waals surface area contributed by atoms with Crippen LogP contribution in [0.3, 0.4) is 0 Å². The fraction of sp³-hybridized carbons (Fsp3) is 0.889. The monoisotopic (exact) mass is 454 g/mol. The second-order valence-electron chi connectivity index (χ2n) is 10.2. The maximum absolute atomic E-state index is 11.6. The average molecular weight is 455 g/mol. The van der Waals surface area contributed by atoms with Crippen molar-refractivity contribution in [2.75, 3.05) is 7.11 Å². The summed E-state index contributed by atoms with van der Waals surface area (Å²) in [5, 5.41) is 21.1. The van der Waals surface area contributed by atoms with Crippen molar-refractivity contribution in [3.63, 3.8) is 0 Å². The van der Waals surface area contributed by atoms with E-state index in [-0.39, 0.29) is 29.5 Å². The topological polar surface area (TPSA) is 76.0 Å². The van der Waals surface area contributed by atoms with Gasteiger partial charge >= 0.3 is 5.97 Å². The number of methoxy groups -OCH3 is 1. The van der Waals surface area contributed by atoms with Crippen LogP contribution in [-0.4, -0.2) is 47.2 Å². The highest BCUT2D eigenvalue weighted by atomic mass is 16.5. The van der Waals surface area contributed by atoms with Gasteiger partial charge in [0.2, 0.25) is 0 Å². The molecule has 188 valence electrons. The lowest BCUT2D eigenvalue weighted by Gasteiger charge is -2.31. The summed E-state index contributed by atoms with van der Waals surface area (Å²) >= 11 is 0. The summed E-state index contributed by atoms with van der Waals surface area (Å²) in [7, 11) is 1.79. The van der Waals surface area contributed by atoms with Crippen LogP contribution in [0.5, 0.6) is 0 Å². The number of hydrogen-bond acceptors (Lipinski definition) is 5. The Morgan fingerprint density at radius 2 is 1.72 bits per heavy atom. The van der Waals surface area contributed by atoms with Gasteiger partial charge in [0, 0.05) is 13.5 Å². The zero-order chi connectivity index (χ0) is 24.0. The van der Waals surface area contributed by atoms with Gasteiger partial charge in [-0.1, -0.05) is 51.2 Å². The minimum absolute atomic E-state index is 0.0636. The highest BCUT2D eigenvalue weighted by Gasteiger charge is 2.41. The molecule has 0 radical (unpaired) electrons. The van der Waals surface area contributed by atoms with Gasteiger partial charge in [0.1, 0.15) is 0 Å². The Morgan fingerprint density at radius 3 is 2.38 bits per heavy atom. The molecule has 32 heavy (non-hydrogen) atoms. The quantitative estimate of drug-likeness (QED) is 0.161. The molecule has 1 saturated carbocycles. The molecule has 0 aromatic carbocycles. The van der Waals surface area contributed by atoms with E-state index < -0.39 is 12.2 Å². The molecule has 1 aliphatic carbocycles. The third-order valence-corrected chi connectivity index (χ3v) is 7.02. The lowest BCUT2D eigenvalue weighted by molar-refractivity contribution is -0.147. The summed E-state index contributed by atoms with van der Waals surface area (Å²) in [5.74, 6) is 0.0393. The van der Waals surface area contributed by atoms with Gasteiger partial charge < -0.3 is 19.7 Å². The van der Waals surface area contributed by atoms with Gasteiger partial charge in [-0.05, 0) is 77.6 Å². The Bertz CT molecular complexity index is 532. The standard InChI is InChI=1S/C27H50O5/c1-6-7-8-11-14-18-27(4,31-5)19-17-23-22(24(28)20-25(23)29)15-12-9-10-13-16-26(30)32-21(2)3/h9,12,21-25,28-29H,6-8,10-11,13-20H2,1-5H3/b12-9-/t22-,23-,24?,25-,27?/m1/s1. The smallest absolute Gasteiger partial charge is 0.306 e. The number of unbranched alkanes of at least 4 members (excludes halogenated alkanes) is 5. The summed E-state index contributed by atoms with van der Waals surface area (Å²) in [5.41, 5.74) is -0.162. The van der Waals surface area contributed by atoms with Gasteiger partial charge in [-0.25, -0.2) is 0 Å².